The van der Waals surface area contributed by atoms with Crippen molar-refractivity contribution >= 4 is 38.2 Å². The lowest BCUT2D eigenvalue weighted by molar-refractivity contribution is -0.137. The number of rotatable bonds is 5. The molecule has 0 aliphatic heterocycles. The summed E-state index contributed by atoms with van der Waals surface area (Å²) in [4.78, 5) is 15.1. The Morgan fingerprint density at radius 3 is 2.32 bits per heavy atom. The fraction of sp³-hybridized carbons (Fsp3) is 0.280. The third-order valence-corrected chi connectivity index (χ3v) is 8.64. The molecule has 0 saturated carbocycles. The highest BCUT2D eigenvalue weighted by Crippen LogP contribution is 2.40. The first-order chi connectivity index (χ1) is 17.0. The van der Waals surface area contributed by atoms with Crippen LogP contribution in [0.15, 0.2) is 52.7 Å². The smallest absolute Gasteiger partial charge is 0.416 e. The number of hydrogen-bond acceptors (Lipinski definition) is 6. The van der Waals surface area contributed by atoms with E-state index in [4.69, 9.17) is 0 Å². The molecule has 0 bridgehead atoms. The van der Waals surface area contributed by atoms with Gasteiger partial charge in [-0.05, 0) is 53.8 Å². The number of thiazole rings is 1. The minimum absolute atomic E-state index is 0.0190. The molecule has 12 heteroatoms. The zero-order chi connectivity index (χ0) is 27.5. The highest BCUT2D eigenvalue weighted by Gasteiger charge is 2.35. The molecular weight excluding hydrogens is 529 g/mol. The van der Waals surface area contributed by atoms with Gasteiger partial charge in [0.2, 0.25) is 0 Å². The summed E-state index contributed by atoms with van der Waals surface area (Å²) in [5.41, 5.74) is -1.18. The van der Waals surface area contributed by atoms with Crippen LogP contribution in [0.2, 0.25) is 0 Å². The summed E-state index contributed by atoms with van der Waals surface area (Å²) in [6, 6.07) is 8.87. The monoisotopic (exact) mass is 552 g/mol. The Balaban J connectivity index is 2.04. The fourth-order valence-corrected chi connectivity index (χ4v) is 6.47. The van der Waals surface area contributed by atoms with Gasteiger partial charge in [0.25, 0.3) is 10.0 Å². The Bertz CT molecular complexity index is 1630. The number of aliphatic hydroxyl groups excluding tert-OH is 1. The van der Waals surface area contributed by atoms with Crippen LogP contribution in [0.25, 0.3) is 10.9 Å². The highest BCUT2D eigenvalue weighted by atomic mass is 32.2. The fourth-order valence-electron chi connectivity index (χ4n) is 4.04. The SMILES string of the molecule is Cc1c(C(O)c2nc(C(=O)O)cs2)n(S(=O)(=O)c2cccc(C(C)(C)C)c2)c2ccc(C(F)(F)F)cc12. The zero-order valence-electron chi connectivity index (χ0n) is 20.2. The third-order valence-electron chi connectivity index (χ3n) is 6.02. The normalized spacial score (nSPS) is 13.7. The van der Waals surface area contributed by atoms with E-state index < -0.39 is 39.3 Å². The Morgan fingerprint density at radius 2 is 1.76 bits per heavy atom. The molecule has 2 aromatic carbocycles. The summed E-state index contributed by atoms with van der Waals surface area (Å²) in [6.45, 7) is 7.13. The number of carboxylic acids is 1. The predicted molar refractivity (Wildman–Crippen MR) is 133 cm³/mol. The molecule has 37 heavy (non-hydrogen) atoms. The quantitative estimate of drug-likeness (QED) is 0.327. The number of hydrogen-bond donors (Lipinski definition) is 2. The van der Waals surface area contributed by atoms with Gasteiger partial charge in [-0.3, -0.25) is 0 Å². The predicted octanol–water partition coefficient (Wildman–Crippen LogP) is 5.74. The molecular formula is C25H23F3N2O5S2. The molecule has 196 valence electrons. The molecule has 2 heterocycles. The van der Waals surface area contributed by atoms with Crippen LogP contribution in [-0.4, -0.2) is 33.6 Å². The average molecular weight is 553 g/mol. The van der Waals surface area contributed by atoms with Gasteiger partial charge in [-0.1, -0.05) is 32.9 Å². The van der Waals surface area contributed by atoms with Gasteiger partial charge in [0.15, 0.2) is 5.69 Å². The van der Waals surface area contributed by atoms with Crippen molar-refractivity contribution in [3.8, 4) is 0 Å². The molecule has 2 aromatic heterocycles. The lowest BCUT2D eigenvalue weighted by Gasteiger charge is -2.21. The molecule has 0 amide bonds. The van der Waals surface area contributed by atoms with Gasteiger partial charge < -0.3 is 10.2 Å². The van der Waals surface area contributed by atoms with Crippen LogP contribution in [0.3, 0.4) is 0 Å². The third kappa shape index (κ3) is 4.76. The van der Waals surface area contributed by atoms with Crippen molar-refractivity contribution in [2.24, 2.45) is 0 Å². The summed E-state index contributed by atoms with van der Waals surface area (Å²) < 4.78 is 69.3. The van der Waals surface area contributed by atoms with Crippen molar-refractivity contribution < 1.29 is 36.6 Å². The summed E-state index contributed by atoms with van der Waals surface area (Å²) in [7, 11) is -4.43. The lowest BCUT2D eigenvalue weighted by atomic mass is 9.87. The van der Waals surface area contributed by atoms with E-state index in [1.54, 1.807) is 12.1 Å². The van der Waals surface area contributed by atoms with Crippen LogP contribution in [0.1, 0.15) is 64.8 Å². The van der Waals surface area contributed by atoms with E-state index in [9.17, 15) is 36.6 Å². The average Bonchev–Trinajstić information content (AvgIpc) is 3.41. The van der Waals surface area contributed by atoms with Gasteiger partial charge in [-0.15, -0.1) is 11.3 Å². The first-order valence-corrected chi connectivity index (χ1v) is 13.3. The van der Waals surface area contributed by atoms with Crippen LogP contribution in [0.5, 0.6) is 0 Å². The maximum Gasteiger partial charge on any atom is 0.416 e. The second kappa shape index (κ2) is 8.96. The van der Waals surface area contributed by atoms with Crippen molar-refractivity contribution in [1.29, 1.82) is 0 Å². The topological polar surface area (TPSA) is 109 Å². The number of aromatic nitrogens is 2. The van der Waals surface area contributed by atoms with Crippen LogP contribution in [0.4, 0.5) is 13.2 Å². The van der Waals surface area contributed by atoms with E-state index in [-0.39, 0.29) is 37.8 Å². The second-order valence-corrected chi connectivity index (χ2v) is 12.2. The van der Waals surface area contributed by atoms with Gasteiger partial charge in [0.1, 0.15) is 11.1 Å². The molecule has 0 aliphatic rings. The van der Waals surface area contributed by atoms with E-state index in [1.807, 2.05) is 20.8 Å². The number of alkyl halides is 3. The van der Waals surface area contributed by atoms with E-state index in [0.29, 0.717) is 5.56 Å². The van der Waals surface area contributed by atoms with Crippen molar-refractivity contribution in [1.82, 2.24) is 8.96 Å². The van der Waals surface area contributed by atoms with E-state index in [2.05, 4.69) is 4.98 Å². The second-order valence-electron chi connectivity index (χ2n) is 9.57. The van der Waals surface area contributed by atoms with Gasteiger partial charge >= 0.3 is 12.1 Å². The molecule has 7 nitrogen and oxygen atoms in total. The molecule has 0 fully saturated rings. The van der Waals surface area contributed by atoms with E-state index in [1.165, 1.54) is 24.4 Å². The summed E-state index contributed by atoms with van der Waals surface area (Å²) in [5.74, 6) is -1.34. The molecule has 0 aliphatic carbocycles. The number of carbonyl (C=O) groups is 1. The molecule has 1 unspecified atom stereocenters. The Morgan fingerprint density at radius 1 is 1.08 bits per heavy atom. The van der Waals surface area contributed by atoms with Crippen molar-refractivity contribution in [3.05, 3.63) is 80.9 Å². The Hall–Kier alpha value is -3.22. The van der Waals surface area contributed by atoms with Crippen LogP contribution >= 0.6 is 11.3 Å². The van der Waals surface area contributed by atoms with Gasteiger partial charge in [0, 0.05) is 10.8 Å². The molecule has 0 saturated heterocycles. The number of nitrogens with zero attached hydrogens (tertiary/aromatic N) is 2. The molecule has 4 rings (SSSR count). The molecule has 0 spiro atoms. The van der Waals surface area contributed by atoms with E-state index in [0.717, 1.165) is 33.5 Å². The zero-order valence-corrected chi connectivity index (χ0v) is 21.8. The standard InChI is InChI=1S/C25H23F3N2O5S2/c1-13-17-11-15(25(26,27)28)8-9-19(17)30(20(13)21(31)22-29-18(12-36-22)23(32)33)37(34,35)16-7-5-6-14(10-16)24(2,3)4/h5-12,21,31H,1-4H3,(H,32,33). The molecule has 0 radical (unpaired) electrons. The Labute approximate surface area is 214 Å². The number of aryl methyl sites for hydroxylation is 1. The van der Waals surface area contributed by atoms with Crippen LogP contribution < -0.4 is 0 Å². The highest BCUT2D eigenvalue weighted by molar-refractivity contribution is 7.90. The first-order valence-electron chi connectivity index (χ1n) is 11.0. The summed E-state index contributed by atoms with van der Waals surface area (Å²) in [6.07, 6.45) is -6.40. The number of aromatic carboxylic acids is 1. The first kappa shape index (κ1) is 26.8. The minimum atomic E-state index is -4.67. The number of fused-ring (bicyclic) bond motifs is 1. The van der Waals surface area contributed by atoms with Crippen LogP contribution in [-0.2, 0) is 21.6 Å². The lowest BCUT2D eigenvalue weighted by Crippen LogP contribution is -2.20. The van der Waals surface area contributed by atoms with Gasteiger partial charge in [-0.2, -0.15) is 13.2 Å². The number of carboxylic acid groups (broad SMARTS) is 1. The molecule has 2 N–H and O–H groups in total. The van der Waals surface area contributed by atoms with Gasteiger partial charge in [0.05, 0.1) is 21.7 Å². The number of halogens is 3. The maximum atomic E-state index is 14.0. The minimum Gasteiger partial charge on any atom is -0.476 e. The van der Waals surface area contributed by atoms with Crippen molar-refractivity contribution in [2.45, 2.75) is 50.3 Å². The molecule has 1 atom stereocenters. The van der Waals surface area contributed by atoms with E-state index >= 15 is 0 Å². The van der Waals surface area contributed by atoms with Crippen molar-refractivity contribution in [2.75, 3.05) is 0 Å². The summed E-state index contributed by atoms with van der Waals surface area (Å²) >= 11 is 0.798. The number of benzene rings is 2. The van der Waals surface area contributed by atoms with Gasteiger partial charge in [-0.25, -0.2) is 22.2 Å². The number of aliphatic hydroxyl groups is 1. The Kier molecular flexibility index (Phi) is 6.50. The maximum absolute atomic E-state index is 14.0. The molecule has 4 aromatic rings. The summed E-state index contributed by atoms with van der Waals surface area (Å²) in [5, 5.41) is 21.5. The largest absolute Gasteiger partial charge is 0.476 e. The van der Waals surface area contributed by atoms with Crippen LogP contribution in [0, 0.1) is 6.92 Å². The van der Waals surface area contributed by atoms with Crippen molar-refractivity contribution in [3.63, 3.8) is 0 Å².